The highest BCUT2D eigenvalue weighted by molar-refractivity contribution is 5.81. The minimum Gasteiger partial charge on any atom is -0.330 e. The summed E-state index contributed by atoms with van der Waals surface area (Å²) < 4.78 is 0. The smallest absolute Gasteiger partial charge is 0.137 e. The van der Waals surface area contributed by atoms with E-state index >= 15 is 0 Å². The fourth-order valence-corrected chi connectivity index (χ4v) is 1.76. The molecule has 0 spiro atoms. The molecular weight excluding hydrogens is 198 g/mol. The predicted molar refractivity (Wildman–Crippen MR) is 67.5 cm³/mol. The zero-order valence-electron chi connectivity index (χ0n) is 10.3. The first kappa shape index (κ1) is 12.9. The van der Waals surface area contributed by atoms with Gasteiger partial charge in [0, 0.05) is 12.8 Å². The molecular formula is C14H21NO. The van der Waals surface area contributed by atoms with Gasteiger partial charge in [-0.2, -0.15) is 0 Å². The SMILES string of the molecule is Cc1ccc(C)c(CC(=O)CCCCN)c1. The van der Waals surface area contributed by atoms with Crippen LogP contribution in [0.4, 0.5) is 0 Å². The van der Waals surface area contributed by atoms with Crippen molar-refractivity contribution in [2.24, 2.45) is 5.73 Å². The van der Waals surface area contributed by atoms with Gasteiger partial charge in [-0.05, 0) is 44.4 Å². The van der Waals surface area contributed by atoms with Crippen LogP contribution in [0, 0.1) is 13.8 Å². The molecule has 1 aromatic carbocycles. The number of benzene rings is 1. The summed E-state index contributed by atoms with van der Waals surface area (Å²) >= 11 is 0. The van der Waals surface area contributed by atoms with Gasteiger partial charge in [0.2, 0.25) is 0 Å². The van der Waals surface area contributed by atoms with Crippen molar-refractivity contribution in [1.82, 2.24) is 0 Å². The van der Waals surface area contributed by atoms with Crippen molar-refractivity contribution in [3.05, 3.63) is 34.9 Å². The van der Waals surface area contributed by atoms with Crippen molar-refractivity contribution in [1.29, 1.82) is 0 Å². The van der Waals surface area contributed by atoms with Gasteiger partial charge in [-0.25, -0.2) is 0 Å². The van der Waals surface area contributed by atoms with Gasteiger partial charge in [0.15, 0.2) is 0 Å². The van der Waals surface area contributed by atoms with Crippen LogP contribution in [0.3, 0.4) is 0 Å². The Kier molecular flexibility index (Phi) is 5.20. The van der Waals surface area contributed by atoms with Crippen LogP contribution >= 0.6 is 0 Å². The highest BCUT2D eigenvalue weighted by Crippen LogP contribution is 2.12. The molecule has 0 saturated carbocycles. The normalized spacial score (nSPS) is 10.4. The van der Waals surface area contributed by atoms with Crippen LogP contribution in [0.25, 0.3) is 0 Å². The molecule has 0 unspecified atom stereocenters. The van der Waals surface area contributed by atoms with Crippen molar-refractivity contribution in [3.8, 4) is 0 Å². The first-order chi connectivity index (χ1) is 7.63. The number of carbonyl (C=O) groups is 1. The Morgan fingerprint density at radius 1 is 1.25 bits per heavy atom. The third-order valence-corrected chi connectivity index (χ3v) is 2.80. The van der Waals surface area contributed by atoms with Gasteiger partial charge in [-0.15, -0.1) is 0 Å². The molecule has 0 radical (unpaired) electrons. The minimum atomic E-state index is 0.321. The average molecular weight is 219 g/mol. The molecule has 1 aromatic rings. The number of hydrogen-bond donors (Lipinski definition) is 1. The summed E-state index contributed by atoms with van der Waals surface area (Å²) in [5, 5.41) is 0. The summed E-state index contributed by atoms with van der Waals surface area (Å²) in [6, 6.07) is 6.27. The lowest BCUT2D eigenvalue weighted by Gasteiger charge is -2.06. The van der Waals surface area contributed by atoms with Gasteiger partial charge < -0.3 is 5.73 Å². The lowest BCUT2D eigenvalue weighted by Crippen LogP contribution is -2.06. The Bertz CT molecular complexity index is 358. The zero-order valence-corrected chi connectivity index (χ0v) is 10.3. The summed E-state index contributed by atoms with van der Waals surface area (Å²) in [7, 11) is 0. The van der Waals surface area contributed by atoms with E-state index in [0.29, 0.717) is 25.2 Å². The summed E-state index contributed by atoms with van der Waals surface area (Å²) in [6.45, 7) is 4.79. The van der Waals surface area contributed by atoms with Gasteiger partial charge in [0.05, 0.1) is 0 Å². The summed E-state index contributed by atoms with van der Waals surface area (Å²) in [5.41, 5.74) is 8.99. The molecule has 0 atom stereocenters. The Morgan fingerprint density at radius 3 is 2.69 bits per heavy atom. The molecule has 0 fully saturated rings. The van der Waals surface area contributed by atoms with Crippen molar-refractivity contribution in [2.75, 3.05) is 6.54 Å². The zero-order chi connectivity index (χ0) is 12.0. The second kappa shape index (κ2) is 6.44. The first-order valence-electron chi connectivity index (χ1n) is 5.91. The summed E-state index contributed by atoms with van der Waals surface area (Å²) in [6.07, 6.45) is 3.08. The van der Waals surface area contributed by atoms with Gasteiger partial charge >= 0.3 is 0 Å². The maximum Gasteiger partial charge on any atom is 0.137 e. The van der Waals surface area contributed by atoms with Crippen LogP contribution < -0.4 is 5.73 Å². The lowest BCUT2D eigenvalue weighted by atomic mass is 9.99. The Balaban J connectivity index is 2.52. The van der Waals surface area contributed by atoms with E-state index in [1.165, 1.54) is 11.1 Å². The van der Waals surface area contributed by atoms with E-state index in [1.54, 1.807) is 0 Å². The molecule has 1 rings (SSSR count). The topological polar surface area (TPSA) is 43.1 Å². The summed E-state index contributed by atoms with van der Waals surface area (Å²) in [5.74, 6) is 0.321. The molecule has 0 aliphatic carbocycles. The van der Waals surface area contributed by atoms with E-state index in [2.05, 4.69) is 32.0 Å². The van der Waals surface area contributed by atoms with E-state index in [9.17, 15) is 4.79 Å². The van der Waals surface area contributed by atoms with Crippen molar-refractivity contribution < 1.29 is 4.79 Å². The first-order valence-corrected chi connectivity index (χ1v) is 5.91. The quantitative estimate of drug-likeness (QED) is 0.747. The number of rotatable bonds is 6. The van der Waals surface area contributed by atoms with E-state index in [1.807, 2.05) is 0 Å². The Morgan fingerprint density at radius 2 is 2.00 bits per heavy atom. The number of aryl methyl sites for hydroxylation is 2. The van der Waals surface area contributed by atoms with Crippen molar-refractivity contribution >= 4 is 5.78 Å². The van der Waals surface area contributed by atoms with Crippen LogP contribution in [-0.2, 0) is 11.2 Å². The largest absolute Gasteiger partial charge is 0.330 e. The maximum atomic E-state index is 11.7. The maximum absolute atomic E-state index is 11.7. The Hall–Kier alpha value is -1.15. The number of ketones is 1. The molecule has 2 heteroatoms. The van der Waals surface area contributed by atoms with Crippen LogP contribution in [-0.4, -0.2) is 12.3 Å². The molecule has 0 aliphatic heterocycles. The van der Waals surface area contributed by atoms with Crippen LogP contribution in [0.5, 0.6) is 0 Å². The molecule has 88 valence electrons. The van der Waals surface area contributed by atoms with E-state index in [0.717, 1.165) is 18.4 Å². The second-order valence-corrected chi connectivity index (χ2v) is 4.39. The summed E-state index contributed by atoms with van der Waals surface area (Å²) in [4.78, 5) is 11.7. The third-order valence-electron chi connectivity index (χ3n) is 2.80. The standard InChI is InChI=1S/C14H21NO/c1-11-6-7-12(2)13(9-11)10-14(16)5-3-4-8-15/h6-7,9H,3-5,8,10,15H2,1-2H3. The fraction of sp³-hybridized carbons (Fsp3) is 0.500. The second-order valence-electron chi connectivity index (χ2n) is 4.39. The van der Waals surface area contributed by atoms with Crippen molar-refractivity contribution in [2.45, 2.75) is 39.5 Å². The lowest BCUT2D eigenvalue weighted by molar-refractivity contribution is -0.118. The molecule has 2 N–H and O–H groups in total. The van der Waals surface area contributed by atoms with Gasteiger partial charge in [0.1, 0.15) is 5.78 Å². The molecule has 2 nitrogen and oxygen atoms in total. The number of carbonyl (C=O) groups excluding carboxylic acids is 1. The molecule has 0 saturated heterocycles. The van der Waals surface area contributed by atoms with Crippen LogP contribution in [0.2, 0.25) is 0 Å². The van der Waals surface area contributed by atoms with Gasteiger partial charge in [-0.3, -0.25) is 4.79 Å². The minimum absolute atomic E-state index is 0.321. The van der Waals surface area contributed by atoms with Crippen LogP contribution in [0.15, 0.2) is 18.2 Å². The molecule has 0 amide bonds. The molecule has 0 heterocycles. The molecule has 16 heavy (non-hydrogen) atoms. The molecule has 0 aromatic heterocycles. The van der Waals surface area contributed by atoms with Crippen molar-refractivity contribution in [3.63, 3.8) is 0 Å². The third kappa shape index (κ3) is 4.15. The highest BCUT2D eigenvalue weighted by Gasteiger charge is 2.06. The van der Waals surface area contributed by atoms with Crippen LogP contribution in [0.1, 0.15) is 36.0 Å². The Labute approximate surface area is 97.9 Å². The highest BCUT2D eigenvalue weighted by atomic mass is 16.1. The van der Waals surface area contributed by atoms with E-state index < -0.39 is 0 Å². The number of Topliss-reactive ketones (excluding diaryl/α,β-unsaturated/α-hetero) is 1. The molecule has 0 aliphatic rings. The molecule has 0 bridgehead atoms. The average Bonchev–Trinajstić information content (AvgIpc) is 2.24. The van der Waals surface area contributed by atoms with E-state index in [-0.39, 0.29) is 0 Å². The predicted octanol–water partition coefficient (Wildman–Crippen LogP) is 2.54. The monoisotopic (exact) mass is 219 g/mol. The number of hydrogen-bond acceptors (Lipinski definition) is 2. The number of unbranched alkanes of at least 4 members (excludes halogenated alkanes) is 1. The fourth-order valence-electron chi connectivity index (χ4n) is 1.76. The van der Waals surface area contributed by atoms with Gasteiger partial charge in [-0.1, -0.05) is 23.8 Å². The number of nitrogens with two attached hydrogens (primary N) is 1. The van der Waals surface area contributed by atoms with Gasteiger partial charge in [0.25, 0.3) is 0 Å². The van der Waals surface area contributed by atoms with E-state index in [4.69, 9.17) is 5.73 Å².